The topological polar surface area (TPSA) is 65.5 Å². The van der Waals surface area contributed by atoms with E-state index in [1.807, 2.05) is 41.3 Å². The highest BCUT2D eigenvalue weighted by Gasteiger charge is 2.25. The number of halogens is 1. The Morgan fingerprint density at radius 2 is 1.66 bits per heavy atom. The molecule has 164 valence electrons. The van der Waals surface area contributed by atoms with E-state index in [-0.39, 0.29) is 24.2 Å². The van der Waals surface area contributed by atoms with Gasteiger partial charge in [0, 0.05) is 43.0 Å². The lowest BCUT2D eigenvalue weighted by molar-refractivity contribution is -0.117. The molecule has 0 aliphatic carbocycles. The van der Waals surface area contributed by atoms with Gasteiger partial charge < -0.3 is 10.2 Å². The Labute approximate surface area is 190 Å². The van der Waals surface area contributed by atoms with Crippen molar-refractivity contribution in [1.82, 2.24) is 14.8 Å². The number of hydrogen-bond acceptors (Lipinski definition) is 5. The summed E-state index contributed by atoms with van der Waals surface area (Å²) in [5.74, 6) is -0.556. The fourth-order valence-corrected chi connectivity index (χ4v) is 4.35. The lowest BCUT2D eigenvalue weighted by Gasteiger charge is -2.34. The van der Waals surface area contributed by atoms with Gasteiger partial charge in [0.25, 0.3) is 5.91 Å². The Morgan fingerprint density at radius 3 is 2.38 bits per heavy atom. The van der Waals surface area contributed by atoms with Crippen LogP contribution in [0.1, 0.15) is 10.4 Å². The molecule has 1 aliphatic rings. The molecule has 0 bridgehead atoms. The van der Waals surface area contributed by atoms with Crippen LogP contribution in [-0.4, -0.2) is 59.3 Å². The van der Waals surface area contributed by atoms with Gasteiger partial charge in [-0.15, -0.1) is 0 Å². The fraction of sp³-hybridized carbons (Fsp3) is 0.208. The molecule has 32 heavy (non-hydrogen) atoms. The van der Waals surface area contributed by atoms with Gasteiger partial charge in [-0.2, -0.15) is 0 Å². The Kier molecular flexibility index (Phi) is 7.14. The van der Waals surface area contributed by atoms with Crippen LogP contribution in [0.15, 0.2) is 82.8 Å². The number of carbonyl (C=O) groups is 2. The summed E-state index contributed by atoms with van der Waals surface area (Å²) in [4.78, 5) is 34.7. The monoisotopic (exact) mass is 450 g/mol. The van der Waals surface area contributed by atoms with Crippen molar-refractivity contribution in [1.29, 1.82) is 0 Å². The normalized spacial score (nSPS) is 14.2. The first kappa shape index (κ1) is 22.0. The summed E-state index contributed by atoms with van der Waals surface area (Å²) >= 11 is 1.47. The minimum absolute atomic E-state index is 0.0491. The van der Waals surface area contributed by atoms with E-state index in [0.717, 1.165) is 4.90 Å². The van der Waals surface area contributed by atoms with Crippen LogP contribution < -0.4 is 5.32 Å². The number of benzene rings is 2. The number of nitrogens with one attached hydrogen (secondary N) is 1. The van der Waals surface area contributed by atoms with Crippen LogP contribution in [0, 0.1) is 5.82 Å². The van der Waals surface area contributed by atoms with E-state index >= 15 is 0 Å². The molecule has 0 unspecified atom stereocenters. The number of rotatable bonds is 6. The first-order chi connectivity index (χ1) is 15.6. The molecule has 2 heterocycles. The number of piperazine rings is 1. The molecule has 1 saturated heterocycles. The quantitative estimate of drug-likeness (QED) is 0.619. The highest BCUT2D eigenvalue weighted by Crippen LogP contribution is 2.29. The summed E-state index contributed by atoms with van der Waals surface area (Å²) in [6.45, 7) is 2.50. The molecule has 1 fully saturated rings. The Bertz CT molecular complexity index is 1070. The average Bonchev–Trinajstić information content (AvgIpc) is 2.82. The third-order valence-electron chi connectivity index (χ3n) is 5.11. The maximum atomic E-state index is 13.2. The van der Waals surface area contributed by atoms with Gasteiger partial charge in [0.15, 0.2) is 0 Å². The summed E-state index contributed by atoms with van der Waals surface area (Å²) in [6, 6.07) is 19.1. The van der Waals surface area contributed by atoms with E-state index in [1.54, 1.807) is 17.2 Å². The molecule has 0 atom stereocenters. The molecule has 1 aliphatic heterocycles. The number of pyridine rings is 1. The second-order valence-corrected chi connectivity index (χ2v) is 8.46. The largest absolute Gasteiger partial charge is 0.336 e. The molecule has 6 nitrogen and oxygen atoms in total. The van der Waals surface area contributed by atoms with Crippen molar-refractivity contribution < 1.29 is 14.0 Å². The lowest BCUT2D eigenvalue weighted by Crippen LogP contribution is -2.50. The van der Waals surface area contributed by atoms with Gasteiger partial charge in [0.05, 0.1) is 12.1 Å². The third-order valence-corrected chi connectivity index (χ3v) is 6.14. The standard InChI is InChI=1S/C24H23FN4O2S/c25-18-8-10-19(11-9-18)27-22(30)17-28-13-15-29(16-14-28)24(31)21-7-4-12-26-23(21)32-20-5-2-1-3-6-20/h1-12H,13-17H2,(H,27,30). The van der Waals surface area contributed by atoms with E-state index in [9.17, 15) is 14.0 Å². The minimum atomic E-state index is -0.345. The van der Waals surface area contributed by atoms with Crippen molar-refractivity contribution in [3.63, 3.8) is 0 Å². The summed E-state index contributed by atoms with van der Waals surface area (Å²) in [6.07, 6.45) is 1.69. The van der Waals surface area contributed by atoms with Crippen LogP contribution in [0.2, 0.25) is 0 Å². The Morgan fingerprint density at radius 1 is 0.938 bits per heavy atom. The van der Waals surface area contributed by atoms with Crippen LogP contribution in [-0.2, 0) is 4.79 Å². The molecule has 2 aromatic carbocycles. The fourth-order valence-electron chi connectivity index (χ4n) is 3.45. The molecular weight excluding hydrogens is 427 g/mol. The minimum Gasteiger partial charge on any atom is -0.336 e. The maximum absolute atomic E-state index is 13.2. The molecule has 4 rings (SSSR count). The predicted molar refractivity (Wildman–Crippen MR) is 122 cm³/mol. The van der Waals surface area contributed by atoms with Crippen molar-refractivity contribution in [2.45, 2.75) is 9.92 Å². The highest BCUT2D eigenvalue weighted by molar-refractivity contribution is 7.99. The number of carbonyl (C=O) groups excluding carboxylic acids is 2. The van der Waals surface area contributed by atoms with E-state index in [2.05, 4.69) is 10.3 Å². The van der Waals surface area contributed by atoms with E-state index < -0.39 is 0 Å². The van der Waals surface area contributed by atoms with Crippen molar-refractivity contribution in [3.05, 3.63) is 84.3 Å². The highest BCUT2D eigenvalue weighted by atomic mass is 32.2. The molecule has 8 heteroatoms. The second-order valence-electron chi connectivity index (χ2n) is 7.39. The number of hydrogen-bond donors (Lipinski definition) is 1. The van der Waals surface area contributed by atoms with Crippen molar-refractivity contribution in [3.8, 4) is 0 Å². The van der Waals surface area contributed by atoms with E-state index in [4.69, 9.17) is 0 Å². The van der Waals surface area contributed by atoms with Crippen LogP contribution in [0.3, 0.4) is 0 Å². The maximum Gasteiger partial charge on any atom is 0.256 e. The first-order valence-corrected chi connectivity index (χ1v) is 11.1. The summed E-state index contributed by atoms with van der Waals surface area (Å²) in [7, 11) is 0. The van der Waals surface area contributed by atoms with Crippen LogP contribution >= 0.6 is 11.8 Å². The van der Waals surface area contributed by atoms with Gasteiger partial charge in [-0.25, -0.2) is 9.37 Å². The first-order valence-electron chi connectivity index (χ1n) is 10.3. The molecule has 1 N–H and O–H groups in total. The molecule has 1 aromatic heterocycles. The third kappa shape index (κ3) is 5.72. The zero-order valence-electron chi connectivity index (χ0n) is 17.4. The molecule has 2 amide bonds. The number of anilines is 1. The molecule has 0 spiro atoms. The van der Waals surface area contributed by atoms with E-state index in [1.165, 1.54) is 36.0 Å². The van der Waals surface area contributed by atoms with Crippen LogP contribution in [0.5, 0.6) is 0 Å². The lowest BCUT2D eigenvalue weighted by atomic mass is 10.2. The number of amides is 2. The molecule has 3 aromatic rings. The zero-order chi connectivity index (χ0) is 22.3. The summed E-state index contributed by atoms with van der Waals surface area (Å²) < 4.78 is 13.0. The van der Waals surface area contributed by atoms with E-state index in [0.29, 0.717) is 42.5 Å². The van der Waals surface area contributed by atoms with Crippen LogP contribution in [0.25, 0.3) is 0 Å². The Hall–Kier alpha value is -3.23. The zero-order valence-corrected chi connectivity index (χ0v) is 18.2. The number of aromatic nitrogens is 1. The van der Waals surface area contributed by atoms with Gasteiger partial charge in [-0.05, 0) is 48.5 Å². The predicted octanol–water partition coefficient (Wildman–Crippen LogP) is 3.77. The smallest absolute Gasteiger partial charge is 0.256 e. The van der Waals surface area contributed by atoms with Crippen molar-refractivity contribution >= 4 is 29.3 Å². The molecular formula is C24H23FN4O2S. The summed E-state index contributed by atoms with van der Waals surface area (Å²) in [5.41, 5.74) is 1.15. The van der Waals surface area contributed by atoms with Gasteiger partial charge in [-0.1, -0.05) is 30.0 Å². The van der Waals surface area contributed by atoms with Crippen LogP contribution in [0.4, 0.5) is 10.1 Å². The van der Waals surface area contributed by atoms with Gasteiger partial charge in [-0.3, -0.25) is 14.5 Å². The van der Waals surface area contributed by atoms with Gasteiger partial charge >= 0.3 is 0 Å². The van der Waals surface area contributed by atoms with Gasteiger partial charge in [0.1, 0.15) is 10.8 Å². The molecule has 0 saturated carbocycles. The molecule has 0 radical (unpaired) electrons. The van der Waals surface area contributed by atoms with Gasteiger partial charge in [0.2, 0.25) is 5.91 Å². The number of nitrogens with zero attached hydrogens (tertiary/aromatic N) is 3. The van der Waals surface area contributed by atoms with Crippen molar-refractivity contribution in [2.75, 3.05) is 38.0 Å². The summed E-state index contributed by atoms with van der Waals surface area (Å²) in [5, 5.41) is 3.45. The SMILES string of the molecule is O=C(CN1CCN(C(=O)c2cccnc2Sc2ccccc2)CC1)Nc1ccc(F)cc1. The Balaban J connectivity index is 1.32. The van der Waals surface area contributed by atoms with Crippen molar-refractivity contribution in [2.24, 2.45) is 0 Å². The average molecular weight is 451 g/mol. The second kappa shape index (κ2) is 10.4.